The molecule has 0 atom stereocenters. The Kier molecular flexibility index (Phi) is 3.81. The number of aryl methyl sites for hydroxylation is 4. The van der Waals surface area contributed by atoms with Crippen molar-refractivity contribution in [2.45, 2.75) is 27.7 Å². The fourth-order valence-electron chi connectivity index (χ4n) is 2.22. The van der Waals surface area contributed by atoms with E-state index in [1.165, 1.54) is 5.56 Å². The molecule has 2 aromatic rings. The van der Waals surface area contributed by atoms with Gasteiger partial charge < -0.3 is 10.5 Å². The van der Waals surface area contributed by atoms with Crippen molar-refractivity contribution >= 4 is 17.2 Å². The lowest BCUT2D eigenvalue weighted by Crippen LogP contribution is -2.12. The first-order valence-electron chi connectivity index (χ1n) is 6.41. The van der Waals surface area contributed by atoms with Gasteiger partial charge in [-0.15, -0.1) is 0 Å². The van der Waals surface area contributed by atoms with Gasteiger partial charge in [-0.05, 0) is 44.4 Å². The molecule has 0 saturated carbocycles. The Hall–Kier alpha value is -1.88. The number of aromatic nitrogens is 2. The van der Waals surface area contributed by atoms with Gasteiger partial charge in [-0.2, -0.15) is 5.10 Å². The highest BCUT2D eigenvalue weighted by Gasteiger charge is 2.19. The van der Waals surface area contributed by atoms with Crippen LogP contribution in [0.5, 0.6) is 11.6 Å². The molecule has 0 fully saturated rings. The Morgan fingerprint density at radius 3 is 2.40 bits per heavy atom. The predicted octanol–water partition coefficient (Wildman–Crippen LogP) is 3.08. The first-order valence-corrected chi connectivity index (χ1v) is 6.81. The van der Waals surface area contributed by atoms with Gasteiger partial charge in [-0.3, -0.25) is 0 Å². The largest absolute Gasteiger partial charge is 0.438 e. The van der Waals surface area contributed by atoms with Crippen LogP contribution in [-0.4, -0.2) is 14.8 Å². The zero-order valence-electron chi connectivity index (χ0n) is 12.4. The van der Waals surface area contributed by atoms with Crippen molar-refractivity contribution in [1.82, 2.24) is 9.78 Å². The third-order valence-electron chi connectivity index (χ3n) is 3.49. The Bertz CT molecular complexity index is 689. The molecular weight excluding hydrogens is 270 g/mol. The number of nitrogens with two attached hydrogens (primary N) is 1. The van der Waals surface area contributed by atoms with Crippen molar-refractivity contribution in [2.24, 2.45) is 12.8 Å². The molecule has 0 spiro atoms. The van der Waals surface area contributed by atoms with E-state index in [2.05, 4.69) is 18.1 Å². The van der Waals surface area contributed by atoms with E-state index in [9.17, 15) is 0 Å². The Morgan fingerprint density at radius 1 is 1.20 bits per heavy atom. The summed E-state index contributed by atoms with van der Waals surface area (Å²) in [7, 11) is 1.82. The molecule has 2 rings (SSSR count). The minimum atomic E-state index is 0.300. The van der Waals surface area contributed by atoms with E-state index in [-0.39, 0.29) is 0 Å². The van der Waals surface area contributed by atoms with Gasteiger partial charge in [0.25, 0.3) is 0 Å². The lowest BCUT2D eigenvalue weighted by molar-refractivity contribution is 0.424. The van der Waals surface area contributed by atoms with Crippen molar-refractivity contribution in [3.05, 3.63) is 40.1 Å². The first kappa shape index (κ1) is 14.5. The molecule has 4 nitrogen and oxygen atoms in total. The minimum Gasteiger partial charge on any atom is -0.438 e. The topological polar surface area (TPSA) is 53.1 Å². The molecule has 0 saturated heterocycles. The van der Waals surface area contributed by atoms with Gasteiger partial charge in [0.15, 0.2) is 0 Å². The monoisotopic (exact) mass is 289 g/mol. The molecule has 2 N–H and O–H groups in total. The van der Waals surface area contributed by atoms with Crippen molar-refractivity contribution in [2.75, 3.05) is 0 Å². The molecule has 0 amide bonds. The normalized spacial score (nSPS) is 10.7. The number of thiocarbonyl (C=S) groups is 1. The highest BCUT2D eigenvalue weighted by Crippen LogP contribution is 2.33. The van der Waals surface area contributed by atoms with E-state index < -0.39 is 0 Å². The maximum absolute atomic E-state index is 6.10. The van der Waals surface area contributed by atoms with Gasteiger partial charge in [0.1, 0.15) is 10.7 Å². The Balaban J connectivity index is 2.56. The smallest absolute Gasteiger partial charge is 0.228 e. The third-order valence-corrected chi connectivity index (χ3v) is 3.69. The summed E-state index contributed by atoms with van der Waals surface area (Å²) in [6, 6.07) is 4.13. The minimum absolute atomic E-state index is 0.300. The summed E-state index contributed by atoms with van der Waals surface area (Å²) in [5, 5.41) is 4.33. The summed E-state index contributed by atoms with van der Waals surface area (Å²) in [6.07, 6.45) is 0. The number of hydrogen-bond acceptors (Lipinski definition) is 3. The molecule has 0 aliphatic heterocycles. The molecule has 0 radical (unpaired) electrons. The van der Waals surface area contributed by atoms with Crippen molar-refractivity contribution in [3.63, 3.8) is 0 Å². The molecule has 0 aliphatic carbocycles. The van der Waals surface area contributed by atoms with E-state index in [0.717, 1.165) is 22.6 Å². The van der Waals surface area contributed by atoms with Crippen LogP contribution in [0.4, 0.5) is 0 Å². The van der Waals surface area contributed by atoms with Crippen LogP contribution >= 0.6 is 12.2 Å². The van der Waals surface area contributed by atoms with Crippen LogP contribution in [0.3, 0.4) is 0 Å². The summed E-state index contributed by atoms with van der Waals surface area (Å²) < 4.78 is 7.77. The van der Waals surface area contributed by atoms with Crippen molar-refractivity contribution in [1.29, 1.82) is 0 Å². The van der Waals surface area contributed by atoms with Crippen LogP contribution in [-0.2, 0) is 7.05 Å². The maximum Gasteiger partial charge on any atom is 0.228 e. The quantitative estimate of drug-likeness (QED) is 0.882. The second-order valence-electron chi connectivity index (χ2n) is 5.01. The van der Waals surface area contributed by atoms with Crippen LogP contribution in [0.1, 0.15) is 27.9 Å². The van der Waals surface area contributed by atoms with Gasteiger partial charge in [0, 0.05) is 7.05 Å². The summed E-state index contributed by atoms with van der Waals surface area (Å²) >= 11 is 5.10. The van der Waals surface area contributed by atoms with Crippen LogP contribution in [0.25, 0.3) is 0 Å². The summed E-state index contributed by atoms with van der Waals surface area (Å²) in [4.78, 5) is 0.300. The molecule has 0 aliphatic rings. The van der Waals surface area contributed by atoms with Crippen molar-refractivity contribution in [3.8, 4) is 11.6 Å². The van der Waals surface area contributed by atoms with Gasteiger partial charge in [0.2, 0.25) is 5.88 Å². The average Bonchev–Trinajstić information content (AvgIpc) is 2.64. The number of rotatable bonds is 3. The standard InChI is InChI=1S/C15H19N3OS/c1-8-6-7-9(2)13(10(8)3)19-15-12(14(16)20)11(4)17-18(15)5/h6-7H,1-5H3,(H2,16,20). The number of ether oxygens (including phenoxy) is 1. The second-order valence-corrected chi connectivity index (χ2v) is 5.45. The Labute approximate surface area is 124 Å². The molecule has 106 valence electrons. The van der Waals surface area contributed by atoms with Gasteiger partial charge in [0.05, 0.1) is 11.3 Å². The summed E-state index contributed by atoms with van der Waals surface area (Å²) in [6.45, 7) is 7.99. The number of hydrogen-bond donors (Lipinski definition) is 1. The van der Waals surface area contributed by atoms with Crippen LogP contribution in [0.15, 0.2) is 12.1 Å². The average molecular weight is 289 g/mol. The number of benzene rings is 1. The fraction of sp³-hybridized carbons (Fsp3) is 0.333. The molecule has 20 heavy (non-hydrogen) atoms. The van der Waals surface area contributed by atoms with E-state index >= 15 is 0 Å². The molecule has 1 aromatic heterocycles. The van der Waals surface area contributed by atoms with E-state index in [0.29, 0.717) is 16.4 Å². The number of nitrogens with zero attached hydrogens (tertiary/aromatic N) is 2. The fourth-order valence-corrected chi connectivity index (χ4v) is 2.45. The van der Waals surface area contributed by atoms with Gasteiger partial charge >= 0.3 is 0 Å². The van der Waals surface area contributed by atoms with E-state index in [1.54, 1.807) is 4.68 Å². The molecule has 0 bridgehead atoms. The van der Waals surface area contributed by atoms with Gasteiger partial charge in [-0.25, -0.2) is 4.68 Å². The van der Waals surface area contributed by atoms with Crippen LogP contribution in [0, 0.1) is 27.7 Å². The molecule has 1 heterocycles. The second kappa shape index (κ2) is 5.25. The highest BCUT2D eigenvalue weighted by molar-refractivity contribution is 7.80. The summed E-state index contributed by atoms with van der Waals surface area (Å²) in [5.74, 6) is 1.43. The molecule has 1 aromatic carbocycles. The predicted molar refractivity (Wildman–Crippen MR) is 84.6 cm³/mol. The zero-order chi connectivity index (χ0) is 15.0. The highest BCUT2D eigenvalue weighted by atomic mass is 32.1. The maximum atomic E-state index is 6.10. The van der Waals surface area contributed by atoms with E-state index in [1.807, 2.05) is 33.9 Å². The summed E-state index contributed by atoms with van der Waals surface area (Å²) in [5.41, 5.74) is 10.6. The lowest BCUT2D eigenvalue weighted by atomic mass is 10.1. The van der Waals surface area contributed by atoms with Gasteiger partial charge in [-0.1, -0.05) is 24.4 Å². The van der Waals surface area contributed by atoms with Crippen molar-refractivity contribution < 1.29 is 4.74 Å². The lowest BCUT2D eigenvalue weighted by Gasteiger charge is -2.14. The van der Waals surface area contributed by atoms with Crippen LogP contribution < -0.4 is 10.5 Å². The third kappa shape index (κ3) is 2.41. The Morgan fingerprint density at radius 2 is 1.80 bits per heavy atom. The van der Waals surface area contributed by atoms with E-state index in [4.69, 9.17) is 22.7 Å². The SMILES string of the molecule is Cc1ccc(C)c(Oc2c(C(N)=S)c(C)nn2C)c1C. The molecule has 5 heteroatoms. The molecule has 0 unspecified atom stereocenters. The van der Waals surface area contributed by atoms with Crippen LogP contribution in [0.2, 0.25) is 0 Å². The first-order chi connectivity index (χ1) is 9.32. The zero-order valence-corrected chi connectivity index (χ0v) is 13.3. The molecular formula is C15H19N3OS.